The van der Waals surface area contributed by atoms with E-state index >= 15 is 0 Å². The number of nitrogens with zero attached hydrogens (tertiary/aromatic N) is 3. The molecule has 3 N–H and O–H groups in total. The third-order valence-electron chi connectivity index (χ3n) is 4.35. The fourth-order valence-electron chi connectivity index (χ4n) is 3.10. The van der Waals surface area contributed by atoms with Crippen molar-refractivity contribution < 1.29 is 8.42 Å². The molecule has 0 aliphatic carbocycles. The zero-order valence-electron chi connectivity index (χ0n) is 14.4. The van der Waals surface area contributed by atoms with Crippen LogP contribution in [0.2, 0.25) is 0 Å². The van der Waals surface area contributed by atoms with E-state index in [0.29, 0.717) is 37.5 Å². The lowest BCUT2D eigenvalue weighted by Gasteiger charge is -2.22. The van der Waals surface area contributed by atoms with Gasteiger partial charge in [-0.2, -0.15) is 4.31 Å². The van der Waals surface area contributed by atoms with Crippen LogP contribution >= 0.6 is 24.8 Å². The molecular weight excluding hydrogens is 397 g/mol. The maximum Gasteiger partial charge on any atom is 0.243 e. The van der Waals surface area contributed by atoms with Crippen LogP contribution in [0.1, 0.15) is 12.0 Å². The van der Waals surface area contributed by atoms with Crippen molar-refractivity contribution >= 4 is 51.6 Å². The Balaban J connectivity index is 0.00000169. The zero-order chi connectivity index (χ0) is 17.3. The second-order valence-corrected chi connectivity index (χ2v) is 7.85. The quantitative estimate of drug-likeness (QED) is 0.571. The molecule has 1 aromatic heterocycles. The van der Waals surface area contributed by atoms with Crippen LogP contribution in [0.25, 0.3) is 10.8 Å². The molecule has 0 amide bonds. The summed E-state index contributed by atoms with van der Waals surface area (Å²) in [6, 6.07) is 5.27. The van der Waals surface area contributed by atoms with Crippen molar-refractivity contribution in [1.29, 1.82) is 5.41 Å². The predicted molar refractivity (Wildman–Crippen MR) is 108 cm³/mol. The zero-order valence-corrected chi connectivity index (χ0v) is 16.8. The molecule has 7 nitrogen and oxygen atoms in total. The monoisotopic (exact) mass is 419 g/mol. The number of nitrogens with one attached hydrogen (secondary N) is 1. The maximum absolute atomic E-state index is 13.2. The average molecular weight is 420 g/mol. The average Bonchev–Trinajstić information content (AvgIpc) is 2.81. The first-order valence-corrected chi connectivity index (χ1v) is 9.28. The number of hydrogen-bond donors (Lipinski definition) is 2. The lowest BCUT2D eigenvalue weighted by atomic mass is 10.1. The van der Waals surface area contributed by atoms with Crippen LogP contribution in [0.5, 0.6) is 0 Å². The molecule has 0 spiro atoms. The lowest BCUT2D eigenvalue weighted by Crippen LogP contribution is -2.40. The first kappa shape index (κ1) is 22.4. The van der Waals surface area contributed by atoms with Gasteiger partial charge < -0.3 is 10.6 Å². The van der Waals surface area contributed by atoms with Gasteiger partial charge in [-0.25, -0.2) is 8.42 Å². The second kappa shape index (κ2) is 8.85. The summed E-state index contributed by atoms with van der Waals surface area (Å²) < 4.78 is 27.9. The molecule has 1 saturated heterocycles. The Morgan fingerprint density at radius 3 is 2.58 bits per heavy atom. The Kier molecular flexibility index (Phi) is 7.64. The van der Waals surface area contributed by atoms with Gasteiger partial charge in [0.2, 0.25) is 10.0 Å². The molecule has 10 heteroatoms. The van der Waals surface area contributed by atoms with Gasteiger partial charge >= 0.3 is 0 Å². The van der Waals surface area contributed by atoms with Crippen molar-refractivity contribution in [3.63, 3.8) is 0 Å². The van der Waals surface area contributed by atoms with Crippen molar-refractivity contribution in [3.8, 4) is 0 Å². The van der Waals surface area contributed by atoms with Crippen molar-refractivity contribution in [3.05, 3.63) is 36.2 Å². The molecule has 144 valence electrons. The third-order valence-corrected chi connectivity index (χ3v) is 6.29. The van der Waals surface area contributed by atoms with E-state index in [9.17, 15) is 8.42 Å². The molecule has 1 aromatic carbocycles. The molecule has 0 radical (unpaired) electrons. The van der Waals surface area contributed by atoms with Crippen LogP contribution in [0.3, 0.4) is 0 Å². The molecule has 0 saturated carbocycles. The molecule has 1 fully saturated rings. The summed E-state index contributed by atoms with van der Waals surface area (Å²) in [5.41, 5.74) is 6.37. The molecule has 26 heavy (non-hydrogen) atoms. The van der Waals surface area contributed by atoms with E-state index in [4.69, 9.17) is 11.1 Å². The Labute approximate surface area is 165 Å². The minimum absolute atomic E-state index is 0. The SMILES string of the molecule is Cc1cncc2cccc(S(=O)(=O)N3CCCN(C(=N)N)CC3)c12.Cl.Cl. The second-order valence-electron chi connectivity index (χ2n) is 5.94. The van der Waals surface area contributed by atoms with E-state index < -0.39 is 10.0 Å². The Hall–Kier alpha value is -1.61. The van der Waals surface area contributed by atoms with E-state index in [2.05, 4.69) is 4.98 Å². The van der Waals surface area contributed by atoms with Crippen molar-refractivity contribution in [2.24, 2.45) is 5.73 Å². The Bertz CT molecular complexity index is 886. The summed E-state index contributed by atoms with van der Waals surface area (Å²) >= 11 is 0. The van der Waals surface area contributed by atoms with Gasteiger partial charge in [-0.05, 0) is 25.0 Å². The van der Waals surface area contributed by atoms with Crippen molar-refractivity contribution in [1.82, 2.24) is 14.2 Å². The van der Waals surface area contributed by atoms with Gasteiger partial charge in [-0.3, -0.25) is 10.4 Å². The van der Waals surface area contributed by atoms with Gasteiger partial charge in [0.25, 0.3) is 0 Å². The Morgan fingerprint density at radius 2 is 1.88 bits per heavy atom. The number of guanidine groups is 1. The van der Waals surface area contributed by atoms with Gasteiger partial charge in [0, 0.05) is 49.3 Å². The van der Waals surface area contributed by atoms with Crippen LogP contribution in [-0.2, 0) is 10.0 Å². The van der Waals surface area contributed by atoms with Gasteiger partial charge in [0.15, 0.2) is 5.96 Å². The van der Waals surface area contributed by atoms with E-state index in [1.165, 1.54) is 4.31 Å². The summed E-state index contributed by atoms with van der Waals surface area (Å²) in [5, 5.41) is 9.08. The fraction of sp³-hybridized carbons (Fsp3) is 0.375. The number of hydrogen-bond acceptors (Lipinski definition) is 4. The van der Waals surface area contributed by atoms with E-state index in [0.717, 1.165) is 16.3 Å². The molecule has 3 rings (SSSR count). The molecule has 2 aromatic rings. The summed E-state index contributed by atoms with van der Waals surface area (Å²) in [6.45, 7) is 3.64. The highest BCUT2D eigenvalue weighted by Gasteiger charge is 2.29. The van der Waals surface area contributed by atoms with Gasteiger partial charge in [0.05, 0.1) is 4.90 Å². The summed E-state index contributed by atoms with van der Waals surface area (Å²) in [4.78, 5) is 6.16. The summed E-state index contributed by atoms with van der Waals surface area (Å²) in [6.07, 6.45) is 4.01. The van der Waals surface area contributed by atoms with Crippen LogP contribution in [0, 0.1) is 12.3 Å². The van der Waals surface area contributed by atoms with E-state index in [1.54, 1.807) is 29.4 Å². The molecule has 0 atom stereocenters. The minimum Gasteiger partial charge on any atom is -0.370 e. The summed E-state index contributed by atoms with van der Waals surface area (Å²) in [5.74, 6) is -0.0127. The minimum atomic E-state index is -3.62. The number of rotatable bonds is 2. The Morgan fingerprint density at radius 1 is 1.15 bits per heavy atom. The number of aromatic nitrogens is 1. The van der Waals surface area contributed by atoms with Crippen LogP contribution in [0.15, 0.2) is 35.5 Å². The molecular formula is C16H23Cl2N5O2S. The summed E-state index contributed by atoms with van der Waals surface area (Å²) in [7, 11) is -3.62. The highest BCUT2D eigenvalue weighted by Crippen LogP contribution is 2.28. The third kappa shape index (κ3) is 4.20. The van der Waals surface area contributed by atoms with Crippen molar-refractivity contribution in [2.75, 3.05) is 26.2 Å². The van der Waals surface area contributed by atoms with Gasteiger partial charge in [0.1, 0.15) is 0 Å². The molecule has 1 aliphatic heterocycles. The fourth-order valence-corrected chi connectivity index (χ4v) is 4.86. The normalized spacial score (nSPS) is 15.7. The highest BCUT2D eigenvalue weighted by atomic mass is 35.5. The number of benzene rings is 1. The van der Waals surface area contributed by atoms with Gasteiger partial charge in [-0.15, -0.1) is 24.8 Å². The van der Waals surface area contributed by atoms with Crippen molar-refractivity contribution in [2.45, 2.75) is 18.2 Å². The maximum atomic E-state index is 13.2. The number of pyridine rings is 1. The molecule has 0 unspecified atom stereocenters. The first-order valence-electron chi connectivity index (χ1n) is 7.83. The number of fused-ring (bicyclic) bond motifs is 1. The number of sulfonamides is 1. The predicted octanol–water partition coefficient (Wildman–Crippen LogP) is 1.98. The smallest absolute Gasteiger partial charge is 0.243 e. The van der Waals surface area contributed by atoms with Crippen LogP contribution in [-0.4, -0.2) is 54.7 Å². The molecule has 1 aliphatic rings. The van der Waals surface area contributed by atoms with Crippen LogP contribution < -0.4 is 5.73 Å². The number of halogens is 2. The lowest BCUT2D eigenvalue weighted by molar-refractivity contribution is 0.404. The standard InChI is InChI=1S/C16H21N5O2S.2ClH/c1-12-10-19-11-13-4-2-5-14(15(12)13)24(22,23)21-7-3-6-20(8-9-21)16(17)18;;/h2,4-5,10-11H,3,6-9H2,1H3,(H3,17,18);2*1H. The largest absolute Gasteiger partial charge is 0.370 e. The number of aryl methyl sites for hydroxylation is 1. The topological polar surface area (TPSA) is 103 Å². The molecule has 0 bridgehead atoms. The molecule has 2 heterocycles. The number of nitrogens with two attached hydrogens (primary N) is 1. The van der Waals surface area contributed by atoms with Crippen LogP contribution in [0.4, 0.5) is 0 Å². The highest BCUT2D eigenvalue weighted by molar-refractivity contribution is 7.89. The van der Waals surface area contributed by atoms with E-state index in [-0.39, 0.29) is 30.8 Å². The van der Waals surface area contributed by atoms with E-state index in [1.807, 2.05) is 13.0 Å². The first-order chi connectivity index (χ1) is 11.4. The van der Waals surface area contributed by atoms with Gasteiger partial charge in [-0.1, -0.05) is 12.1 Å².